The third kappa shape index (κ3) is 2.06. The van der Waals surface area contributed by atoms with Crippen molar-refractivity contribution in [3.05, 3.63) is 42.2 Å². The third-order valence-corrected chi connectivity index (χ3v) is 2.38. The van der Waals surface area contributed by atoms with E-state index in [4.69, 9.17) is 0 Å². The van der Waals surface area contributed by atoms with Crippen LogP contribution in [0.15, 0.2) is 36.7 Å². The molecule has 0 aliphatic carbocycles. The van der Waals surface area contributed by atoms with Gasteiger partial charge in [-0.1, -0.05) is 32.9 Å². The molecule has 3 nitrogen and oxygen atoms in total. The molecule has 0 aliphatic rings. The van der Waals surface area contributed by atoms with Crippen molar-refractivity contribution in [1.29, 1.82) is 0 Å². The Morgan fingerprint density at radius 1 is 0.933 bits per heavy atom. The molecule has 1 heterocycles. The molecule has 0 amide bonds. The van der Waals surface area contributed by atoms with Crippen LogP contribution in [0.5, 0.6) is 0 Å². The second-order valence-corrected chi connectivity index (χ2v) is 4.62. The van der Waals surface area contributed by atoms with E-state index in [1.54, 1.807) is 17.2 Å². The lowest BCUT2D eigenvalue weighted by atomic mass is 9.87. The Morgan fingerprint density at radius 2 is 1.47 bits per heavy atom. The van der Waals surface area contributed by atoms with Gasteiger partial charge in [-0.25, -0.2) is 0 Å². The quantitative estimate of drug-likeness (QED) is 0.710. The van der Waals surface area contributed by atoms with Gasteiger partial charge < -0.3 is 0 Å². The SMILES string of the molecule is CC(C)(C)c1ccc(-n2nccn2)cc1. The first-order valence-electron chi connectivity index (χ1n) is 5.04. The van der Waals surface area contributed by atoms with Gasteiger partial charge in [0.15, 0.2) is 0 Å². The summed E-state index contributed by atoms with van der Waals surface area (Å²) in [6, 6.07) is 8.33. The molecule has 15 heavy (non-hydrogen) atoms. The lowest BCUT2D eigenvalue weighted by molar-refractivity contribution is 0.589. The van der Waals surface area contributed by atoms with Crippen LogP contribution in [-0.4, -0.2) is 15.0 Å². The van der Waals surface area contributed by atoms with Crippen molar-refractivity contribution in [2.45, 2.75) is 26.2 Å². The molecule has 0 saturated carbocycles. The van der Waals surface area contributed by atoms with Gasteiger partial charge in [-0.2, -0.15) is 15.0 Å². The molecule has 1 aromatic carbocycles. The average molecular weight is 201 g/mol. The van der Waals surface area contributed by atoms with E-state index in [0.717, 1.165) is 5.69 Å². The maximum atomic E-state index is 4.08. The molecule has 0 spiro atoms. The smallest absolute Gasteiger partial charge is 0.0856 e. The van der Waals surface area contributed by atoms with Crippen LogP contribution in [0.25, 0.3) is 5.69 Å². The van der Waals surface area contributed by atoms with Gasteiger partial charge in [-0.3, -0.25) is 0 Å². The van der Waals surface area contributed by atoms with Gasteiger partial charge in [-0.05, 0) is 23.1 Å². The molecule has 0 N–H and O–H groups in total. The highest BCUT2D eigenvalue weighted by Crippen LogP contribution is 2.22. The van der Waals surface area contributed by atoms with E-state index in [2.05, 4.69) is 43.1 Å². The van der Waals surface area contributed by atoms with Gasteiger partial charge in [0, 0.05) is 0 Å². The van der Waals surface area contributed by atoms with Crippen molar-refractivity contribution in [3.63, 3.8) is 0 Å². The maximum absolute atomic E-state index is 4.08. The van der Waals surface area contributed by atoms with E-state index >= 15 is 0 Å². The first-order chi connectivity index (χ1) is 7.07. The minimum atomic E-state index is 0.191. The molecule has 0 aliphatic heterocycles. The molecule has 78 valence electrons. The fraction of sp³-hybridized carbons (Fsp3) is 0.333. The molecular formula is C12H15N3. The van der Waals surface area contributed by atoms with E-state index in [1.807, 2.05) is 12.1 Å². The van der Waals surface area contributed by atoms with Crippen LogP contribution in [0.4, 0.5) is 0 Å². The van der Waals surface area contributed by atoms with Crippen LogP contribution in [0, 0.1) is 0 Å². The molecule has 0 saturated heterocycles. The highest BCUT2D eigenvalue weighted by Gasteiger charge is 2.12. The molecule has 2 rings (SSSR count). The number of rotatable bonds is 1. The largest absolute Gasteiger partial charge is 0.157 e. The first-order valence-corrected chi connectivity index (χ1v) is 5.04. The van der Waals surface area contributed by atoms with Crippen molar-refractivity contribution in [1.82, 2.24) is 15.0 Å². The molecule has 0 unspecified atom stereocenters. The topological polar surface area (TPSA) is 30.7 Å². The molecule has 0 radical (unpaired) electrons. The number of nitrogens with zero attached hydrogens (tertiary/aromatic N) is 3. The number of aromatic nitrogens is 3. The zero-order chi connectivity index (χ0) is 10.9. The van der Waals surface area contributed by atoms with E-state index < -0.39 is 0 Å². The van der Waals surface area contributed by atoms with E-state index in [0.29, 0.717) is 0 Å². The van der Waals surface area contributed by atoms with Crippen LogP contribution in [0.2, 0.25) is 0 Å². The predicted octanol–water partition coefficient (Wildman–Crippen LogP) is 2.56. The summed E-state index contributed by atoms with van der Waals surface area (Å²) in [7, 11) is 0. The summed E-state index contributed by atoms with van der Waals surface area (Å²) in [6.45, 7) is 6.61. The summed E-state index contributed by atoms with van der Waals surface area (Å²) < 4.78 is 0. The van der Waals surface area contributed by atoms with Crippen LogP contribution >= 0.6 is 0 Å². The highest BCUT2D eigenvalue weighted by atomic mass is 15.5. The molecular weight excluding hydrogens is 186 g/mol. The van der Waals surface area contributed by atoms with Gasteiger partial charge >= 0.3 is 0 Å². The third-order valence-electron chi connectivity index (χ3n) is 2.38. The number of benzene rings is 1. The fourth-order valence-electron chi connectivity index (χ4n) is 1.44. The van der Waals surface area contributed by atoms with Crippen molar-refractivity contribution in [3.8, 4) is 5.69 Å². The summed E-state index contributed by atoms with van der Waals surface area (Å²) in [4.78, 5) is 1.62. The number of hydrogen-bond acceptors (Lipinski definition) is 2. The molecule has 3 heteroatoms. The lowest BCUT2D eigenvalue weighted by Crippen LogP contribution is -2.11. The Labute approximate surface area is 89.7 Å². The van der Waals surface area contributed by atoms with Gasteiger partial charge in [0.1, 0.15) is 0 Å². The van der Waals surface area contributed by atoms with Gasteiger partial charge in [-0.15, -0.1) is 0 Å². The molecule has 2 aromatic rings. The summed E-state index contributed by atoms with van der Waals surface area (Å²) in [6.07, 6.45) is 3.36. The van der Waals surface area contributed by atoms with Crippen molar-refractivity contribution in [2.75, 3.05) is 0 Å². The normalized spacial score (nSPS) is 11.7. The maximum Gasteiger partial charge on any atom is 0.0856 e. The zero-order valence-electron chi connectivity index (χ0n) is 9.31. The Kier molecular flexibility index (Phi) is 2.31. The number of hydrogen-bond donors (Lipinski definition) is 0. The van der Waals surface area contributed by atoms with Crippen LogP contribution < -0.4 is 0 Å². The van der Waals surface area contributed by atoms with E-state index in [1.165, 1.54) is 5.56 Å². The van der Waals surface area contributed by atoms with E-state index in [9.17, 15) is 0 Å². The monoisotopic (exact) mass is 201 g/mol. The van der Waals surface area contributed by atoms with Crippen molar-refractivity contribution < 1.29 is 0 Å². The van der Waals surface area contributed by atoms with Crippen LogP contribution in [0.3, 0.4) is 0 Å². The minimum absolute atomic E-state index is 0.191. The van der Waals surface area contributed by atoms with Crippen molar-refractivity contribution in [2.24, 2.45) is 0 Å². The summed E-state index contributed by atoms with van der Waals surface area (Å²) >= 11 is 0. The van der Waals surface area contributed by atoms with Gasteiger partial charge in [0.05, 0.1) is 18.1 Å². The predicted molar refractivity (Wildman–Crippen MR) is 60.1 cm³/mol. The summed E-state index contributed by atoms with van der Waals surface area (Å²) in [5.41, 5.74) is 2.50. The molecule has 0 atom stereocenters. The second kappa shape index (κ2) is 3.50. The minimum Gasteiger partial charge on any atom is -0.157 e. The molecule has 0 bridgehead atoms. The summed E-state index contributed by atoms with van der Waals surface area (Å²) in [5, 5.41) is 8.17. The average Bonchev–Trinajstić information content (AvgIpc) is 2.69. The lowest BCUT2D eigenvalue weighted by Gasteiger charge is -2.18. The van der Waals surface area contributed by atoms with Crippen LogP contribution in [-0.2, 0) is 5.41 Å². The Balaban J connectivity index is 2.33. The van der Waals surface area contributed by atoms with Crippen LogP contribution in [0.1, 0.15) is 26.3 Å². The van der Waals surface area contributed by atoms with Gasteiger partial charge in [0.2, 0.25) is 0 Å². The highest BCUT2D eigenvalue weighted by molar-refractivity contribution is 5.35. The Bertz CT molecular complexity index is 421. The molecule has 0 fully saturated rings. The summed E-state index contributed by atoms with van der Waals surface area (Å²) in [5.74, 6) is 0. The zero-order valence-corrected chi connectivity index (χ0v) is 9.31. The second-order valence-electron chi connectivity index (χ2n) is 4.62. The Morgan fingerprint density at radius 3 is 1.93 bits per heavy atom. The van der Waals surface area contributed by atoms with E-state index in [-0.39, 0.29) is 5.41 Å². The fourth-order valence-corrected chi connectivity index (χ4v) is 1.44. The van der Waals surface area contributed by atoms with Gasteiger partial charge in [0.25, 0.3) is 0 Å². The first kappa shape index (κ1) is 9.90. The standard InChI is InChI=1S/C12H15N3/c1-12(2,3)10-4-6-11(7-5-10)15-13-8-9-14-15/h4-9H,1-3H3. The van der Waals surface area contributed by atoms with Crippen molar-refractivity contribution >= 4 is 0 Å². The molecule has 1 aromatic heterocycles. The Hall–Kier alpha value is -1.64.